The molecular weight excluding hydrogens is 528 g/mol. The summed E-state index contributed by atoms with van der Waals surface area (Å²) in [4.78, 5) is 61.1. The molecule has 39 heavy (non-hydrogen) atoms. The maximum absolute atomic E-state index is 10.3. The van der Waals surface area contributed by atoms with Gasteiger partial charge in [-0.1, -0.05) is 19.7 Å². The highest BCUT2D eigenvalue weighted by Gasteiger charge is 2.14. The third-order valence-corrected chi connectivity index (χ3v) is 3.75. The molecule has 0 spiro atoms. The van der Waals surface area contributed by atoms with Crippen LogP contribution in [0.4, 0.5) is 0 Å². The highest BCUT2D eigenvalue weighted by atomic mass is 16.6. The zero-order chi connectivity index (χ0) is 31.6. The largest absolute Gasteiger partial charge is 0.479 e. The van der Waals surface area contributed by atoms with Gasteiger partial charge in [-0.25, -0.2) is 28.8 Å². The van der Waals surface area contributed by atoms with Crippen LogP contribution in [0.3, 0.4) is 0 Å². The molecule has 224 valence electrons. The molecule has 0 aliphatic rings. The average molecular weight is 567 g/mol. The highest BCUT2D eigenvalue weighted by Crippen LogP contribution is 2.04. The van der Waals surface area contributed by atoms with E-state index in [1.54, 1.807) is 0 Å². The number of aliphatic hydroxyl groups excluding tert-OH is 3. The second-order valence-electron chi connectivity index (χ2n) is 6.94. The van der Waals surface area contributed by atoms with Crippen molar-refractivity contribution >= 4 is 35.8 Å². The lowest BCUT2D eigenvalue weighted by Gasteiger charge is -2.08. The summed E-state index contributed by atoms with van der Waals surface area (Å²) in [5.74, 6) is -5.62. The van der Waals surface area contributed by atoms with Crippen LogP contribution < -0.4 is 0 Å². The minimum atomic E-state index is -1.17. The zero-order valence-electron chi connectivity index (χ0n) is 22.1. The summed E-state index contributed by atoms with van der Waals surface area (Å²) >= 11 is 0. The maximum Gasteiger partial charge on any atom is 0.344 e. The Hall–Kier alpha value is -4.08. The molecule has 0 bridgehead atoms. The van der Waals surface area contributed by atoms with Gasteiger partial charge in [0.15, 0.2) is 18.3 Å². The quantitative estimate of drug-likeness (QED) is 0.0913. The molecule has 0 saturated heterocycles. The van der Waals surface area contributed by atoms with Crippen molar-refractivity contribution in [3.05, 3.63) is 38.0 Å². The molecule has 0 aromatic heterocycles. The molecule has 0 saturated carbocycles. The van der Waals surface area contributed by atoms with Crippen LogP contribution in [0.25, 0.3) is 0 Å². The van der Waals surface area contributed by atoms with Gasteiger partial charge < -0.3 is 44.8 Å². The summed E-state index contributed by atoms with van der Waals surface area (Å²) in [6.45, 7) is 13.4. The van der Waals surface area contributed by atoms with E-state index in [4.69, 9.17) is 30.6 Å². The van der Waals surface area contributed by atoms with E-state index in [2.05, 4.69) is 33.9 Å². The smallest absolute Gasteiger partial charge is 0.344 e. The van der Waals surface area contributed by atoms with Gasteiger partial charge in [0.05, 0.1) is 0 Å². The number of carbonyl (C=O) groups excluding carboxylic acids is 3. The number of carbonyl (C=O) groups is 6. The fourth-order valence-corrected chi connectivity index (χ4v) is 1.51. The summed E-state index contributed by atoms with van der Waals surface area (Å²) in [5.41, 5.74) is 0. The predicted molar refractivity (Wildman–Crippen MR) is 134 cm³/mol. The van der Waals surface area contributed by atoms with Crippen LogP contribution >= 0.6 is 0 Å². The molecule has 15 nitrogen and oxygen atoms in total. The van der Waals surface area contributed by atoms with E-state index in [1.165, 1.54) is 20.8 Å². The molecule has 0 radical (unpaired) electrons. The molecule has 0 fully saturated rings. The fraction of sp³-hybridized carbons (Fsp3) is 0.500. The van der Waals surface area contributed by atoms with E-state index >= 15 is 0 Å². The van der Waals surface area contributed by atoms with Crippen molar-refractivity contribution < 1.29 is 73.6 Å². The molecule has 0 heterocycles. The first kappa shape index (κ1) is 42.0. The lowest BCUT2D eigenvalue weighted by Crippen LogP contribution is -2.22. The molecule has 0 aliphatic carbocycles. The van der Waals surface area contributed by atoms with Gasteiger partial charge in [-0.05, 0) is 39.5 Å². The minimum absolute atomic E-state index is 0.0567. The van der Waals surface area contributed by atoms with E-state index < -0.39 is 54.1 Å². The first-order valence-corrected chi connectivity index (χ1v) is 11.1. The van der Waals surface area contributed by atoms with E-state index in [9.17, 15) is 28.8 Å². The van der Waals surface area contributed by atoms with Gasteiger partial charge in [-0.15, -0.1) is 0 Å². The number of hydrogen-bond donors (Lipinski definition) is 6. The average Bonchev–Trinajstić information content (AvgIpc) is 2.88. The van der Waals surface area contributed by atoms with Crippen molar-refractivity contribution in [2.24, 2.45) is 5.92 Å². The number of rotatable bonds is 14. The third kappa shape index (κ3) is 30.0. The van der Waals surface area contributed by atoms with Crippen molar-refractivity contribution in [2.75, 3.05) is 19.8 Å². The Kier molecular flexibility index (Phi) is 29.1. The number of hydrogen-bond acceptors (Lipinski definition) is 12. The number of aliphatic carboxylic acids is 3. The highest BCUT2D eigenvalue weighted by molar-refractivity contribution is 5.85. The SMILES string of the molecule is C=CC(=O)OC(C)C(=O)O.C=CC(=O)OC(C)C(=O)O.C=CC(=O)OC(C)C(=O)O.OCCC(CO)CCO. The monoisotopic (exact) mass is 566 g/mol. The number of ether oxygens (including phenoxy) is 3. The van der Waals surface area contributed by atoms with Gasteiger partial charge in [0.2, 0.25) is 0 Å². The van der Waals surface area contributed by atoms with Gasteiger partial charge >= 0.3 is 35.8 Å². The first-order valence-electron chi connectivity index (χ1n) is 11.1. The van der Waals surface area contributed by atoms with Crippen molar-refractivity contribution in [1.29, 1.82) is 0 Å². The second kappa shape index (κ2) is 27.0. The van der Waals surface area contributed by atoms with Crippen LogP contribution in [0.15, 0.2) is 38.0 Å². The van der Waals surface area contributed by atoms with E-state index in [0.29, 0.717) is 12.8 Å². The summed E-state index contributed by atoms with van der Waals surface area (Å²) < 4.78 is 12.9. The van der Waals surface area contributed by atoms with Gasteiger partial charge in [-0.3, -0.25) is 0 Å². The fourth-order valence-electron chi connectivity index (χ4n) is 1.51. The van der Waals surface area contributed by atoms with Crippen molar-refractivity contribution in [1.82, 2.24) is 0 Å². The van der Waals surface area contributed by atoms with Crippen LogP contribution in [-0.2, 0) is 43.0 Å². The second-order valence-corrected chi connectivity index (χ2v) is 6.94. The molecule has 3 unspecified atom stereocenters. The van der Waals surface area contributed by atoms with Gasteiger partial charge in [-0.2, -0.15) is 0 Å². The molecule has 0 aromatic carbocycles. The Morgan fingerprint density at radius 1 is 0.590 bits per heavy atom. The minimum Gasteiger partial charge on any atom is -0.479 e. The molecule has 15 heteroatoms. The normalized spacial score (nSPS) is 11.5. The molecule has 6 N–H and O–H groups in total. The van der Waals surface area contributed by atoms with Crippen molar-refractivity contribution in [3.8, 4) is 0 Å². The molecule has 0 aromatic rings. The first-order chi connectivity index (χ1) is 18.1. The summed E-state index contributed by atoms with van der Waals surface area (Å²) in [6.07, 6.45) is 0.591. The molecule has 3 atom stereocenters. The standard InChI is InChI=1S/3C6H8O4.C6H14O3/c3*1-3-5(7)10-4(2)6(8)9;7-3-1-6(5-9)2-4-8/h3*3-4H,1H2,2H3,(H,8,9);6-9H,1-5H2. The Labute approximate surface area is 225 Å². The Balaban J connectivity index is -0.000000210. The van der Waals surface area contributed by atoms with E-state index in [1.807, 2.05) is 0 Å². The molecule has 0 aliphatic heterocycles. The Bertz CT molecular complexity index is 694. The van der Waals surface area contributed by atoms with Gasteiger partial charge in [0.25, 0.3) is 0 Å². The van der Waals surface area contributed by atoms with Crippen LogP contribution in [0.5, 0.6) is 0 Å². The van der Waals surface area contributed by atoms with Crippen LogP contribution in [0, 0.1) is 5.92 Å². The van der Waals surface area contributed by atoms with Gasteiger partial charge in [0.1, 0.15) is 0 Å². The Morgan fingerprint density at radius 3 is 0.949 bits per heavy atom. The van der Waals surface area contributed by atoms with Crippen LogP contribution in [0.1, 0.15) is 33.6 Å². The number of carboxylic acids is 3. The van der Waals surface area contributed by atoms with E-state index in [-0.39, 0.29) is 25.7 Å². The summed E-state index contributed by atoms with van der Waals surface area (Å²) in [7, 11) is 0. The lowest BCUT2D eigenvalue weighted by molar-refractivity contribution is -0.159. The summed E-state index contributed by atoms with van der Waals surface area (Å²) in [6, 6.07) is 0. The van der Waals surface area contributed by atoms with Crippen LogP contribution in [0.2, 0.25) is 0 Å². The third-order valence-electron chi connectivity index (χ3n) is 3.75. The lowest BCUT2D eigenvalue weighted by atomic mass is 10.0. The van der Waals surface area contributed by atoms with Crippen molar-refractivity contribution in [2.45, 2.75) is 51.9 Å². The molecule has 0 rings (SSSR count). The zero-order valence-corrected chi connectivity index (χ0v) is 22.1. The van der Waals surface area contributed by atoms with E-state index in [0.717, 1.165) is 18.2 Å². The molecule has 0 amide bonds. The molecular formula is C24H38O15. The summed E-state index contributed by atoms with van der Waals surface area (Å²) in [5, 5.41) is 50.0. The number of aliphatic hydroxyl groups is 3. The van der Waals surface area contributed by atoms with Crippen molar-refractivity contribution in [3.63, 3.8) is 0 Å². The Morgan fingerprint density at radius 2 is 0.821 bits per heavy atom. The number of esters is 3. The topological polar surface area (TPSA) is 251 Å². The predicted octanol–water partition coefficient (Wildman–Crippen LogP) is -0.0742. The number of carboxylic acid groups (broad SMARTS) is 3. The van der Waals surface area contributed by atoms with Gasteiger partial charge in [0, 0.05) is 38.0 Å². The maximum atomic E-state index is 10.3. The van der Waals surface area contributed by atoms with Crippen LogP contribution in [-0.4, -0.2) is 105 Å².